The largest absolute Gasteiger partial charge is 0.330 e. The molecule has 3 nitrogen and oxygen atoms in total. The molecule has 0 bridgehead atoms. The Balaban J connectivity index is 4.05. The van der Waals surface area contributed by atoms with Crippen LogP contribution in [0.5, 0.6) is 0 Å². The minimum absolute atomic E-state index is 0.627. The Kier molecular flexibility index (Phi) is 7.92. The summed E-state index contributed by atoms with van der Waals surface area (Å²) in [5.74, 6) is 1.64. The van der Waals surface area contributed by atoms with Gasteiger partial charge in [-0.1, -0.05) is 25.2 Å². The molecule has 0 fully saturated rings. The van der Waals surface area contributed by atoms with Crippen molar-refractivity contribution in [3.8, 4) is 0 Å². The van der Waals surface area contributed by atoms with E-state index in [9.17, 15) is 0 Å². The minimum atomic E-state index is -1.93. The molecule has 84 valence electrons. The summed E-state index contributed by atoms with van der Waals surface area (Å²) in [4.78, 5) is 4.06. The molecule has 6 heteroatoms. The summed E-state index contributed by atoms with van der Waals surface area (Å²) in [5, 5.41) is 3.08. The first-order chi connectivity index (χ1) is 6.54. The number of nitrogens with one attached hydrogen (secondary N) is 1. The molecular weight excluding hydrogens is 235 g/mol. The fourth-order valence-electron chi connectivity index (χ4n) is 0.593. The van der Waals surface area contributed by atoms with E-state index < -0.39 is 5.62 Å². The van der Waals surface area contributed by atoms with Gasteiger partial charge in [0.15, 0.2) is 0 Å². The van der Waals surface area contributed by atoms with Crippen molar-refractivity contribution < 1.29 is 4.52 Å². The molecule has 14 heavy (non-hydrogen) atoms. The molecule has 0 rings (SSSR count). The monoisotopic (exact) mass is 254 g/mol. The van der Waals surface area contributed by atoms with Crippen LogP contribution >= 0.6 is 17.0 Å². The lowest BCUT2D eigenvalue weighted by atomic mass is 10.3. The predicted molar refractivity (Wildman–Crippen MR) is 70.8 cm³/mol. The maximum atomic E-state index is 5.38. The van der Waals surface area contributed by atoms with Crippen molar-refractivity contribution in [2.45, 2.75) is 20.8 Å². The Morgan fingerprint density at radius 3 is 2.71 bits per heavy atom. The zero-order valence-corrected chi connectivity index (χ0v) is 11.7. The van der Waals surface area contributed by atoms with Crippen LogP contribution in [0.2, 0.25) is 0 Å². The lowest BCUT2D eigenvalue weighted by molar-refractivity contribution is 0.467. The summed E-state index contributed by atoms with van der Waals surface area (Å²) in [7, 11) is 1.65. The van der Waals surface area contributed by atoms with E-state index in [1.165, 1.54) is 0 Å². The molecule has 1 N–H and O–H groups in total. The van der Waals surface area contributed by atoms with E-state index in [0.29, 0.717) is 5.92 Å². The SMILES string of the molecule is CCN=CNP(=S)(OC)SCC(C)C. The van der Waals surface area contributed by atoms with Crippen LogP contribution in [0.3, 0.4) is 0 Å². The quantitative estimate of drug-likeness (QED) is 0.430. The average Bonchev–Trinajstić information content (AvgIpc) is 2.15. The van der Waals surface area contributed by atoms with Gasteiger partial charge >= 0.3 is 0 Å². The van der Waals surface area contributed by atoms with Gasteiger partial charge in [0.1, 0.15) is 0 Å². The highest BCUT2D eigenvalue weighted by atomic mass is 32.9. The Bertz CT molecular complexity index is 221. The zero-order valence-electron chi connectivity index (χ0n) is 9.19. The Hall–Kier alpha value is 0.430. The average molecular weight is 254 g/mol. The molecule has 1 unspecified atom stereocenters. The molecule has 1 atom stereocenters. The standard InChI is InChI=1S/C8H19N2OPS2/c1-5-9-7-10-12(13,11-4)14-6-8(2)3/h7-8H,5-6H2,1-4H3,(H,9,10,13). The molecular formula is C8H19N2OPS2. The molecule has 0 saturated heterocycles. The molecule has 0 aromatic rings. The van der Waals surface area contributed by atoms with E-state index >= 15 is 0 Å². The van der Waals surface area contributed by atoms with E-state index in [2.05, 4.69) is 23.9 Å². The molecule has 0 heterocycles. The first-order valence-corrected chi connectivity index (χ1v) is 8.91. The lowest BCUT2D eigenvalue weighted by Crippen LogP contribution is -2.08. The van der Waals surface area contributed by atoms with Crippen molar-refractivity contribution in [1.82, 2.24) is 5.09 Å². The van der Waals surface area contributed by atoms with Crippen molar-refractivity contribution in [1.29, 1.82) is 0 Å². The van der Waals surface area contributed by atoms with Gasteiger partial charge in [0, 0.05) is 19.4 Å². The second-order valence-corrected chi connectivity index (χ2v) is 9.89. The van der Waals surface area contributed by atoms with Crippen molar-refractivity contribution in [3.05, 3.63) is 0 Å². The van der Waals surface area contributed by atoms with Crippen molar-refractivity contribution in [2.24, 2.45) is 10.9 Å². The summed E-state index contributed by atoms with van der Waals surface area (Å²) < 4.78 is 5.32. The van der Waals surface area contributed by atoms with Crippen LogP contribution in [0.4, 0.5) is 0 Å². The number of hydrogen-bond donors (Lipinski definition) is 1. The van der Waals surface area contributed by atoms with Crippen molar-refractivity contribution >= 4 is 35.1 Å². The highest BCUT2D eigenvalue weighted by Gasteiger charge is 2.15. The molecule has 0 amide bonds. The lowest BCUT2D eigenvalue weighted by Gasteiger charge is -2.19. The second-order valence-electron chi connectivity index (χ2n) is 3.13. The van der Waals surface area contributed by atoms with Crippen LogP contribution in [-0.2, 0) is 16.3 Å². The molecule has 0 radical (unpaired) electrons. The van der Waals surface area contributed by atoms with Gasteiger partial charge in [-0.3, -0.25) is 4.99 Å². The first kappa shape index (κ1) is 14.4. The number of hydrogen-bond acceptors (Lipinski definition) is 4. The molecule has 0 spiro atoms. The molecule has 0 aliphatic heterocycles. The fraction of sp³-hybridized carbons (Fsp3) is 0.875. The summed E-state index contributed by atoms with van der Waals surface area (Å²) in [5.41, 5.74) is -1.93. The zero-order chi connectivity index (χ0) is 11.0. The van der Waals surface area contributed by atoms with E-state index in [0.717, 1.165) is 12.3 Å². The summed E-state index contributed by atoms with van der Waals surface area (Å²) in [6.45, 7) is 7.08. The van der Waals surface area contributed by atoms with Gasteiger partial charge < -0.3 is 9.61 Å². The summed E-state index contributed by atoms with van der Waals surface area (Å²) in [6.07, 6.45) is 1.66. The minimum Gasteiger partial charge on any atom is -0.330 e. The Morgan fingerprint density at radius 1 is 1.64 bits per heavy atom. The van der Waals surface area contributed by atoms with Crippen LogP contribution < -0.4 is 5.09 Å². The molecule has 0 aromatic heterocycles. The van der Waals surface area contributed by atoms with Gasteiger partial charge in [-0.05, 0) is 24.6 Å². The van der Waals surface area contributed by atoms with Gasteiger partial charge in [0.05, 0.1) is 6.34 Å². The van der Waals surface area contributed by atoms with Crippen LogP contribution in [0, 0.1) is 5.92 Å². The molecule has 0 aliphatic carbocycles. The summed E-state index contributed by atoms with van der Waals surface area (Å²) >= 11 is 7.07. The van der Waals surface area contributed by atoms with E-state index in [1.54, 1.807) is 24.8 Å². The molecule has 0 aliphatic rings. The van der Waals surface area contributed by atoms with Gasteiger partial charge in [-0.25, -0.2) is 0 Å². The van der Waals surface area contributed by atoms with Gasteiger partial charge in [0.2, 0.25) is 5.62 Å². The summed E-state index contributed by atoms with van der Waals surface area (Å²) in [6, 6.07) is 0. The smallest absolute Gasteiger partial charge is 0.210 e. The van der Waals surface area contributed by atoms with Crippen LogP contribution in [0.1, 0.15) is 20.8 Å². The fourth-order valence-corrected chi connectivity index (χ4v) is 4.45. The van der Waals surface area contributed by atoms with Gasteiger partial charge in [-0.2, -0.15) is 0 Å². The predicted octanol–water partition coefficient (Wildman–Crippen LogP) is 2.88. The molecule has 0 saturated carbocycles. The van der Waals surface area contributed by atoms with E-state index in [1.807, 2.05) is 6.92 Å². The maximum absolute atomic E-state index is 5.38. The van der Waals surface area contributed by atoms with Crippen molar-refractivity contribution in [2.75, 3.05) is 19.4 Å². The Labute approximate surface area is 96.0 Å². The Morgan fingerprint density at radius 2 is 2.29 bits per heavy atom. The second kappa shape index (κ2) is 7.69. The number of nitrogens with zero attached hydrogens (tertiary/aromatic N) is 1. The highest BCUT2D eigenvalue weighted by Crippen LogP contribution is 2.55. The topological polar surface area (TPSA) is 33.6 Å². The third-order valence-electron chi connectivity index (χ3n) is 1.31. The first-order valence-electron chi connectivity index (χ1n) is 4.60. The third kappa shape index (κ3) is 6.82. The van der Waals surface area contributed by atoms with Crippen LogP contribution in [0.15, 0.2) is 4.99 Å². The van der Waals surface area contributed by atoms with Gasteiger partial charge in [0.25, 0.3) is 0 Å². The van der Waals surface area contributed by atoms with Crippen LogP contribution in [0.25, 0.3) is 0 Å². The number of rotatable bonds is 7. The van der Waals surface area contributed by atoms with Gasteiger partial charge in [-0.15, -0.1) is 0 Å². The number of aliphatic imine (C=N–C) groups is 1. The van der Waals surface area contributed by atoms with Crippen molar-refractivity contribution in [3.63, 3.8) is 0 Å². The maximum Gasteiger partial charge on any atom is 0.210 e. The molecule has 0 aromatic carbocycles. The third-order valence-corrected chi connectivity index (χ3v) is 7.32. The van der Waals surface area contributed by atoms with Crippen LogP contribution in [-0.4, -0.2) is 25.7 Å². The van der Waals surface area contributed by atoms with E-state index in [-0.39, 0.29) is 0 Å². The normalized spacial score (nSPS) is 16.1. The highest BCUT2D eigenvalue weighted by molar-refractivity contribution is 8.68. The van der Waals surface area contributed by atoms with E-state index in [4.69, 9.17) is 16.3 Å².